The van der Waals surface area contributed by atoms with Crippen LogP contribution in [0.2, 0.25) is 0 Å². The summed E-state index contributed by atoms with van der Waals surface area (Å²) >= 11 is 1.61. The number of carbonyl (C=O) groups is 1. The van der Waals surface area contributed by atoms with Crippen LogP contribution in [0.4, 0.5) is 10.5 Å². The quantitative estimate of drug-likeness (QED) is 0.678. The molecule has 0 aliphatic heterocycles. The zero-order valence-electron chi connectivity index (χ0n) is 11.3. The minimum atomic E-state index is -0.577. The molecule has 21 heavy (non-hydrogen) atoms. The van der Waals surface area contributed by atoms with Crippen molar-refractivity contribution in [2.45, 2.75) is 19.4 Å². The predicted molar refractivity (Wildman–Crippen MR) is 79.7 cm³/mol. The molecule has 1 aromatic heterocycles. The van der Waals surface area contributed by atoms with Crippen molar-refractivity contribution in [3.63, 3.8) is 0 Å². The molecule has 2 aromatic rings. The van der Waals surface area contributed by atoms with Crippen LogP contribution >= 0.6 is 11.3 Å². The van der Waals surface area contributed by atoms with Crippen LogP contribution < -0.4 is 10.1 Å². The third-order valence-corrected chi connectivity index (χ3v) is 3.48. The number of nitrogens with zero attached hydrogens (tertiary/aromatic N) is 1. The fraction of sp³-hybridized carbons (Fsp3) is 0.214. The number of hydrogen-bond acceptors (Lipinski definition) is 5. The van der Waals surface area contributed by atoms with Crippen LogP contribution in [0.3, 0.4) is 0 Å². The first-order valence-corrected chi connectivity index (χ1v) is 7.23. The van der Waals surface area contributed by atoms with Crippen LogP contribution in [-0.4, -0.2) is 17.1 Å². The molecule has 0 fully saturated rings. The first-order valence-electron chi connectivity index (χ1n) is 6.28. The third kappa shape index (κ3) is 4.57. The average Bonchev–Trinajstić information content (AvgIpc) is 2.91. The lowest BCUT2D eigenvalue weighted by Crippen LogP contribution is -2.36. The fourth-order valence-electron chi connectivity index (χ4n) is 1.79. The van der Waals surface area contributed by atoms with E-state index in [0.717, 1.165) is 12.0 Å². The summed E-state index contributed by atoms with van der Waals surface area (Å²) < 4.78 is 5.07. The fourth-order valence-corrected chi connectivity index (χ4v) is 2.47. The standard InChI is InChI=1S/C14H14N2O4S/c1-10(8-11-6-7-21-9-11)15-14(17)20-13-4-2-12(3-5-13)16(18)19/h2-7,9-10H,8H2,1H3,(H,15,17)/t10-/m0/s1. The summed E-state index contributed by atoms with van der Waals surface area (Å²) in [4.78, 5) is 21.7. The molecule has 0 saturated heterocycles. The van der Waals surface area contributed by atoms with E-state index in [1.807, 2.05) is 23.8 Å². The number of ether oxygens (including phenoxy) is 1. The maximum atomic E-state index is 11.7. The van der Waals surface area contributed by atoms with Gasteiger partial charge in [-0.15, -0.1) is 0 Å². The number of thiophene rings is 1. The second kappa shape index (κ2) is 6.85. The molecular formula is C14H14N2O4S. The van der Waals surface area contributed by atoms with Crippen molar-refractivity contribution < 1.29 is 14.5 Å². The maximum Gasteiger partial charge on any atom is 0.412 e. The zero-order valence-corrected chi connectivity index (χ0v) is 12.1. The van der Waals surface area contributed by atoms with Crippen molar-refractivity contribution in [3.8, 4) is 5.75 Å². The van der Waals surface area contributed by atoms with Crippen LogP contribution in [0.25, 0.3) is 0 Å². The van der Waals surface area contributed by atoms with Crippen LogP contribution in [0.5, 0.6) is 5.75 Å². The molecule has 0 bridgehead atoms. The molecule has 1 aromatic carbocycles. The van der Waals surface area contributed by atoms with Gasteiger partial charge in [0, 0.05) is 18.2 Å². The number of non-ortho nitro benzene ring substituents is 1. The van der Waals surface area contributed by atoms with Gasteiger partial charge in [-0.05, 0) is 47.9 Å². The number of amides is 1. The van der Waals surface area contributed by atoms with Gasteiger partial charge in [0.05, 0.1) is 4.92 Å². The number of nitrogens with one attached hydrogen (secondary N) is 1. The summed E-state index contributed by atoms with van der Waals surface area (Å²) in [5.41, 5.74) is 1.11. The highest BCUT2D eigenvalue weighted by atomic mass is 32.1. The van der Waals surface area contributed by atoms with Gasteiger partial charge < -0.3 is 10.1 Å². The molecular weight excluding hydrogens is 292 g/mol. The van der Waals surface area contributed by atoms with Gasteiger partial charge in [-0.1, -0.05) is 0 Å². The number of carbonyl (C=O) groups excluding carboxylic acids is 1. The Balaban J connectivity index is 1.84. The van der Waals surface area contributed by atoms with Crippen LogP contribution in [-0.2, 0) is 6.42 Å². The normalized spacial score (nSPS) is 11.7. The molecule has 6 nitrogen and oxygen atoms in total. The summed E-state index contributed by atoms with van der Waals surface area (Å²) in [6, 6.07) is 7.30. The Bertz CT molecular complexity index is 610. The molecule has 0 aliphatic carbocycles. The molecule has 2 rings (SSSR count). The predicted octanol–water partition coefficient (Wildman–Crippen LogP) is 3.38. The molecule has 0 aliphatic rings. The summed E-state index contributed by atoms with van der Waals surface area (Å²) in [6.45, 7) is 1.88. The number of nitro benzene ring substituents is 1. The van der Waals surface area contributed by atoms with Crippen molar-refractivity contribution in [1.29, 1.82) is 0 Å². The number of nitro groups is 1. The summed E-state index contributed by atoms with van der Waals surface area (Å²) in [6.07, 6.45) is 0.144. The van der Waals surface area contributed by atoms with E-state index in [0.29, 0.717) is 0 Å². The van der Waals surface area contributed by atoms with Crippen LogP contribution in [0.15, 0.2) is 41.1 Å². The van der Waals surface area contributed by atoms with E-state index in [1.54, 1.807) is 11.3 Å². The third-order valence-electron chi connectivity index (χ3n) is 2.74. The van der Waals surface area contributed by atoms with Gasteiger partial charge in [0.25, 0.3) is 5.69 Å². The first-order chi connectivity index (χ1) is 10.0. The number of rotatable bonds is 5. The van der Waals surface area contributed by atoms with E-state index in [-0.39, 0.29) is 17.5 Å². The van der Waals surface area contributed by atoms with Gasteiger partial charge in [0.15, 0.2) is 0 Å². The Morgan fingerprint density at radius 1 is 1.38 bits per heavy atom. The maximum absolute atomic E-state index is 11.7. The Kier molecular flexibility index (Phi) is 4.89. The molecule has 1 heterocycles. The van der Waals surface area contributed by atoms with E-state index in [9.17, 15) is 14.9 Å². The molecule has 0 radical (unpaired) electrons. The molecule has 1 amide bonds. The Morgan fingerprint density at radius 2 is 2.10 bits per heavy atom. The molecule has 110 valence electrons. The van der Waals surface area contributed by atoms with Gasteiger partial charge >= 0.3 is 6.09 Å². The molecule has 0 saturated carbocycles. The van der Waals surface area contributed by atoms with Gasteiger partial charge in [0.1, 0.15) is 5.75 Å². The summed E-state index contributed by atoms with van der Waals surface area (Å²) in [5.74, 6) is 0.265. The van der Waals surface area contributed by atoms with Gasteiger partial charge in [-0.2, -0.15) is 11.3 Å². The van der Waals surface area contributed by atoms with Gasteiger partial charge in [0.2, 0.25) is 0 Å². The van der Waals surface area contributed by atoms with Gasteiger partial charge in [-0.25, -0.2) is 4.79 Å². The van der Waals surface area contributed by atoms with Crippen molar-refractivity contribution >= 4 is 23.1 Å². The molecule has 0 unspecified atom stereocenters. The van der Waals surface area contributed by atoms with Gasteiger partial charge in [-0.3, -0.25) is 10.1 Å². The minimum Gasteiger partial charge on any atom is -0.410 e. The van der Waals surface area contributed by atoms with Crippen molar-refractivity contribution in [2.75, 3.05) is 0 Å². The smallest absolute Gasteiger partial charge is 0.410 e. The summed E-state index contributed by atoms with van der Waals surface area (Å²) in [7, 11) is 0. The second-order valence-electron chi connectivity index (χ2n) is 4.52. The van der Waals surface area contributed by atoms with E-state index >= 15 is 0 Å². The number of hydrogen-bond donors (Lipinski definition) is 1. The van der Waals surface area contributed by atoms with Crippen LogP contribution in [0.1, 0.15) is 12.5 Å². The van der Waals surface area contributed by atoms with Crippen molar-refractivity contribution in [2.24, 2.45) is 0 Å². The zero-order chi connectivity index (χ0) is 15.2. The minimum absolute atomic E-state index is 0.0476. The highest BCUT2D eigenvalue weighted by molar-refractivity contribution is 7.07. The Labute approximate surface area is 125 Å². The highest BCUT2D eigenvalue weighted by Crippen LogP contribution is 2.17. The average molecular weight is 306 g/mol. The monoisotopic (exact) mass is 306 g/mol. The second-order valence-corrected chi connectivity index (χ2v) is 5.30. The SMILES string of the molecule is C[C@@H](Cc1ccsc1)NC(=O)Oc1ccc([N+](=O)[O-])cc1. The topological polar surface area (TPSA) is 81.5 Å². The molecule has 1 atom stereocenters. The van der Waals surface area contributed by atoms with E-state index < -0.39 is 11.0 Å². The van der Waals surface area contributed by atoms with Crippen molar-refractivity contribution in [1.82, 2.24) is 5.32 Å². The van der Waals surface area contributed by atoms with Crippen molar-refractivity contribution in [3.05, 3.63) is 56.8 Å². The highest BCUT2D eigenvalue weighted by Gasteiger charge is 2.11. The van der Waals surface area contributed by atoms with E-state index in [2.05, 4.69) is 5.32 Å². The lowest BCUT2D eigenvalue weighted by Gasteiger charge is -2.13. The number of benzene rings is 1. The summed E-state index contributed by atoms with van der Waals surface area (Å²) in [5, 5.41) is 17.2. The largest absolute Gasteiger partial charge is 0.412 e. The first kappa shape index (κ1) is 15.0. The molecule has 0 spiro atoms. The lowest BCUT2D eigenvalue weighted by atomic mass is 10.1. The molecule has 7 heteroatoms. The molecule has 1 N–H and O–H groups in total. The van der Waals surface area contributed by atoms with E-state index in [1.165, 1.54) is 24.3 Å². The Morgan fingerprint density at radius 3 is 2.67 bits per heavy atom. The Hall–Kier alpha value is -2.41. The van der Waals surface area contributed by atoms with E-state index in [4.69, 9.17) is 4.74 Å². The lowest BCUT2D eigenvalue weighted by molar-refractivity contribution is -0.384. The van der Waals surface area contributed by atoms with Crippen LogP contribution in [0, 0.1) is 10.1 Å².